The van der Waals surface area contributed by atoms with Gasteiger partial charge in [0.2, 0.25) is 0 Å². The molecule has 6 nitrogen and oxygen atoms in total. The third-order valence-electron chi connectivity index (χ3n) is 6.92. The van der Waals surface area contributed by atoms with E-state index < -0.39 is 10.0 Å². The van der Waals surface area contributed by atoms with E-state index in [-0.39, 0.29) is 4.90 Å². The maximum Gasteiger partial charge on any atom is 0.268 e. The molecule has 6 aromatic rings. The van der Waals surface area contributed by atoms with Crippen LogP contribution in [-0.2, 0) is 16.6 Å². The summed E-state index contributed by atoms with van der Waals surface area (Å²) in [5.41, 5.74) is 6.37. The minimum absolute atomic E-state index is 0.258. The Balaban J connectivity index is 1.56. The Morgan fingerprint density at radius 3 is 2.32 bits per heavy atom. The summed E-state index contributed by atoms with van der Waals surface area (Å²) in [7, 11) is -2.14. The molecular formula is C31H27N3O3S. The standard InChI is InChI=1S/C31H27N3O3S/c1-21-12-15-24(16-13-21)38(35,36)34-20-23(25-8-4-6-10-28(25)34)19-33-29-17-14-22(2)18-27(29)32-31(33)26-9-5-7-11-30(26)37-3/h4-18,20H,19H2,1-3H3. The van der Waals surface area contributed by atoms with Gasteiger partial charge in [-0.3, -0.25) is 0 Å². The number of imidazole rings is 1. The third kappa shape index (κ3) is 3.96. The summed E-state index contributed by atoms with van der Waals surface area (Å²) in [5, 5.41) is 0.878. The highest BCUT2D eigenvalue weighted by Gasteiger charge is 2.23. The molecule has 0 radical (unpaired) electrons. The minimum atomic E-state index is -3.79. The lowest BCUT2D eigenvalue weighted by Gasteiger charge is -2.12. The summed E-state index contributed by atoms with van der Waals surface area (Å²) in [6.45, 7) is 4.42. The van der Waals surface area contributed by atoms with Gasteiger partial charge in [0.05, 0.1) is 40.7 Å². The van der Waals surface area contributed by atoms with E-state index in [1.807, 2.05) is 74.5 Å². The quantitative estimate of drug-likeness (QED) is 0.249. The molecule has 2 aromatic heterocycles. The highest BCUT2D eigenvalue weighted by atomic mass is 32.2. The van der Waals surface area contributed by atoms with Crippen LogP contribution >= 0.6 is 0 Å². The van der Waals surface area contributed by atoms with E-state index in [4.69, 9.17) is 9.72 Å². The second-order valence-corrected chi connectivity index (χ2v) is 11.3. The molecule has 6 rings (SSSR count). The molecule has 38 heavy (non-hydrogen) atoms. The predicted octanol–water partition coefficient (Wildman–Crippen LogP) is 6.57. The van der Waals surface area contributed by atoms with Crippen molar-refractivity contribution in [3.63, 3.8) is 0 Å². The lowest BCUT2D eigenvalue weighted by Crippen LogP contribution is -2.12. The molecule has 0 N–H and O–H groups in total. The van der Waals surface area contributed by atoms with Gasteiger partial charge in [-0.1, -0.05) is 54.1 Å². The van der Waals surface area contributed by atoms with Crippen molar-refractivity contribution in [1.29, 1.82) is 0 Å². The van der Waals surface area contributed by atoms with Gasteiger partial charge in [-0.05, 0) is 67.4 Å². The molecule has 0 aliphatic rings. The van der Waals surface area contributed by atoms with E-state index in [1.165, 1.54) is 3.97 Å². The number of nitrogens with zero attached hydrogens (tertiary/aromatic N) is 3. The third-order valence-corrected chi connectivity index (χ3v) is 8.61. The highest BCUT2D eigenvalue weighted by Crippen LogP contribution is 2.34. The molecule has 0 saturated carbocycles. The second-order valence-electron chi connectivity index (χ2n) is 9.50. The van der Waals surface area contributed by atoms with Gasteiger partial charge in [-0.15, -0.1) is 0 Å². The fourth-order valence-corrected chi connectivity index (χ4v) is 6.36. The lowest BCUT2D eigenvalue weighted by atomic mass is 10.1. The molecule has 0 fully saturated rings. The average molecular weight is 522 g/mol. The number of ether oxygens (including phenoxy) is 1. The molecule has 0 spiro atoms. The van der Waals surface area contributed by atoms with Gasteiger partial charge in [0.1, 0.15) is 11.6 Å². The molecule has 0 bridgehead atoms. The zero-order chi connectivity index (χ0) is 26.4. The van der Waals surface area contributed by atoms with Gasteiger partial charge in [0, 0.05) is 11.6 Å². The van der Waals surface area contributed by atoms with E-state index in [0.717, 1.165) is 50.2 Å². The molecule has 2 heterocycles. The number of methoxy groups -OCH3 is 1. The Kier molecular flexibility index (Phi) is 5.80. The van der Waals surface area contributed by atoms with Crippen molar-refractivity contribution in [3.05, 3.63) is 114 Å². The van der Waals surface area contributed by atoms with E-state index in [1.54, 1.807) is 25.4 Å². The van der Waals surface area contributed by atoms with Gasteiger partial charge in [0.15, 0.2) is 0 Å². The van der Waals surface area contributed by atoms with Crippen molar-refractivity contribution in [2.45, 2.75) is 25.3 Å². The maximum absolute atomic E-state index is 13.7. The zero-order valence-corrected chi connectivity index (χ0v) is 22.2. The highest BCUT2D eigenvalue weighted by molar-refractivity contribution is 7.90. The Morgan fingerprint density at radius 2 is 1.53 bits per heavy atom. The smallest absolute Gasteiger partial charge is 0.268 e. The van der Waals surface area contributed by atoms with E-state index in [2.05, 4.69) is 22.8 Å². The van der Waals surface area contributed by atoms with Gasteiger partial charge in [-0.25, -0.2) is 17.4 Å². The Bertz CT molecular complexity index is 1920. The summed E-state index contributed by atoms with van der Waals surface area (Å²) >= 11 is 0. The van der Waals surface area contributed by atoms with Crippen molar-refractivity contribution < 1.29 is 13.2 Å². The van der Waals surface area contributed by atoms with Crippen LogP contribution in [0, 0.1) is 13.8 Å². The Hall–Kier alpha value is -4.36. The Labute approximate surface area is 221 Å². The molecule has 0 aliphatic carbocycles. The van der Waals surface area contributed by atoms with Crippen LogP contribution in [0.15, 0.2) is 102 Å². The topological polar surface area (TPSA) is 66.1 Å². The van der Waals surface area contributed by atoms with Gasteiger partial charge >= 0.3 is 0 Å². The molecule has 0 saturated heterocycles. The molecular weight excluding hydrogens is 494 g/mol. The van der Waals surface area contributed by atoms with Crippen LogP contribution in [0.4, 0.5) is 0 Å². The van der Waals surface area contributed by atoms with E-state index in [9.17, 15) is 8.42 Å². The van der Waals surface area contributed by atoms with Crippen LogP contribution < -0.4 is 4.74 Å². The van der Waals surface area contributed by atoms with Crippen LogP contribution in [0.1, 0.15) is 16.7 Å². The van der Waals surface area contributed by atoms with Crippen LogP contribution in [0.5, 0.6) is 5.75 Å². The van der Waals surface area contributed by atoms with Crippen molar-refractivity contribution in [2.75, 3.05) is 7.11 Å². The van der Waals surface area contributed by atoms with Gasteiger partial charge in [-0.2, -0.15) is 0 Å². The molecule has 190 valence electrons. The number of fused-ring (bicyclic) bond motifs is 2. The summed E-state index contributed by atoms with van der Waals surface area (Å²) in [5.74, 6) is 1.49. The minimum Gasteiger partial charge on any atom is -0.496 e. The summed E-state index contributed by atoms with van der Waals surface area (Å²) in [6.07, 6.45) is 1.74. The summed E-state index contributed by atoms with van der Waals surface area (Å²) < 4.78 is 36.6. The normalized spacial score (nSPS) is 11.9. The van der Waals surface area contributed by atoms with E-state index in [0.29, 0.717) is 12.1 Å². The number of aryl methyl sites for hydroxylation is 2. The zero-order valence-electron chi connectivity index (χ0n) is 21.4. The first kappa shape index (κ1) is 24.0. The molecule has 0 atom stereocenters. The number of rotatable bonds is 6. The fraction of sp³-hybridized carbons (Fsp3) is 0.129. The number of hydrogen-bond acceptors (Lipinski definition) is 4. The molecule has 0 aliphatic heterocycles. The van der Waals surface area contributed by atoms with E-state index >= 15 is 0 Å². The first-order valence-electron chi connectivity index (χ1n) is 12.4. The van der Waals surface area contributed by atoms with Crippen LogP contribution in [-0.4, -0.2) is 29.1 Å². The molecule has 4 aromatic carbocycles. The molecule has 0 amide bonds. The average Bonchev–Trinajstić information content (AvgIpc) is 3.47. The van der Waals surface area contributed by atoms with Crippen LogP contribution in [0.25, 0.3) is 33.3 Å². The number of hydrogen-bond donors (Lipinski definition) is 0. The first-order chi connectivity index (χ1) is 18.4. The van der Waals surface area contributed by atoms with Gasteiger partial charge < -0.3 is 9.30 Å². The second kappa shape index (κ2) is 9.19. The SMILES string of the molecule is COc1ccccc1-c1nc2cc(C)ccc2n1Cc1cn(S(=O)(=O)c2ccc(C)cc2)c2ccccc12. The number of aromatic nitrogens is 3. The summed E-state index contributed by atoms with van der Waals surface area (Å²) in [4.78, 5) is 5.26. The van der Waals surface area contributed by atoms with Crippen LogP contribution in [0.3, 0.4) is 0 Å². The van der Waals surface area contributed by atoms with Crippen molar-refractivity contribution >= 4 is 32.0 Å². The monoisotopic (exact) mass is 521 g/mol. The molecule has 0 unspecified atom stereocenters. The predicted molar refractivity (Wildman–Crippen MR) is 151 cm³/mol. The van der Waals surface area contributed by atoms with Crippen molar-refractivity contribution in [3.8, 4) is 17.1 Å². The summed E-state index contributed by atoms with van der Waals surface area (Å²) in [6, 6.07) is 28.6. The largest absolute Gasteiger partial charge is 0.496 e. The van der Waals surface area contributed by atoms with Crippen molar-refractivity contribution in [1.82, 2.24) is 13.5 Å². The Morgan fingerprint density at radius 1 is 0.816 bits per heavy atom. The fourth-order valence-electron chi connectivity index (χ4n) is 4.97. The number of para-hydroxylation sites is 2. The van der Waals surface area contributed by atoms with Gasteiger partial charge in [0.25, 0.3) is 10.0 Å². The first-order valence-corrected chi connectivity index (χ1v) is 13.8. The lowest BCUT2D eigenvalue weighted by molar-refractivity contribution is 0.416. The van der Waals surface area contributed by atoms with Crippen molar-refractivity contribution in [2.24, 2.45) is 0 Å². The van der Waals surface area contributed by atoms with Crippen LogP contribution in [0.2, 0.25) is 0 Å². The molecule has 7 heteroatoms. The maximum atomic E-state index is 13.7. The number of benzene rings is 4.